The predicted octanol–water partition coefficient (Wildman–Crippen LogP) is 4.37. The molecule has 0 spiro atoms. The fourth-order valence-corrected chi connectivity index (χ4v) is 3.67. The number of thiophene rings is 1. The van der Waals surface area contributed by atoms with Gasteiger partial charge in [-0.1, -0.05) is 25.3 Å². The van der Waals surface area contributed by atoms with Crippen molar-refractivity contribution in [3.8, 4) is 11.5 Å². The highest BCUT2D eigenvalue weighted by Gasteiger charge is 2.20. The lowest BCUT2D eigenvalue weighted by atomic mass is 9.89. The second kappa shape index (κ2) is 9.38. The summed E-state index contributed by atoms with van der Waals surface area (Å²) in [5.41, 5.74) is 3.50. The summed E-state index contributed by atoms with van der Waals surface area (Å²) < 4.78 is 11.2. The SMILES string of the molecule is COc1cc(/C=N\NC(=O)C2CCCCC2)ccc1OCc1cccs1. The van der Waals surface area contributed by atoms with Gasteiger partial charge in [-0.3, -0.25) is 4.79 Å². The summed E-state index contributed by atoms with van der Waals surface area (Å²) in [6.45, 7) is 0.513. The Bertz CT molecular complexity index is 738. The minimum absolute atomic E-state index is 0.0174. The molecule has 1 heterocycles. The number of carbonyl (C=O) groups excluding carboxylic acids is 1. The van der Waals surface area contributed by atoms with Gasteiger partial charge in [-0.25, -0.2) is 5.43 Å². The smallest absolute Gasteiger partial charge is 0.243 e. The van der Waals surface area contributed by atoms with Crippen molar-refractivity contribution in [2.75, 3.05) is 7.11 Å². The molecule has 1 aromatic heterocycles. The van der Waals surface area contributed by atoms with Crippen molar-refractivity contribution in [1.82, 2.24) is 5.43 Å². The predicted molar refractivity (Wildman–Crippen MR) is 104 cm³/mol. The van der Waals surface area contributed by atoms with Crippen molar-refractivity contribution in [2.45, 2.75) is 38.7 Å². The largest absolute Gasteiger partial charge is 0.493 e. The summed E-state index contributed by atoms with van der Waals surface area (Å²) in [6.07, 6.45) is 7.05. The Labute approximate surface area is 158 Å². The molecule has 3 rings (SSSR count). The molecule has 1 aliphatic carbocycles. The van der Waals surface area contributed by atoms with Gasteiger partial charge in [-0.05, 0) is 48.1 Å². The van der Waals surface area contributed by atoms with Gasteiger partial charge in [0.25, 0.3) is 0 Å². The van der Waals surface area contributed by atoms with E-state index >= 15 is 0 Å². The normalized spacial score (nSPS) is 15.1. The zero-order chi connectivity index (χ0) is 18.2. The van der Waals surface area contributed by atoms with Crippen LogP contribution >= 0.6 is 11.3 Å². The van der Waals surface area contributed by atoms with Crippen LogP contribution in [0.4, 0.5) is 0 Å². The molecule has 1 fully saturated rings. The van der Waals surface area contributed by atoms with Crippen LogP contribution in [0.2, 0.25) is 0 Å². The van der Waals surface area contributed by atoms with Crippen LogP contribution in [0.1, 0.15) is 42.5 Å². The molecule has 0 radical (unpaired) electrons. The second-order valence-corrected chi connectivity index (χ2v) is 7.38. The molecular weight excluding hydrogens is 348 g/mol. The third kappa shape index (κ3) is 5.08. The molecule has 1 N–H and O–H groups in total. The molecule has 0 bridgehead atoms. The molecule has 0 unspecified atom stereocenters. The van der Waals surface area contributed by atoms with Gasteiger partial charge in [-0.2, -0.15) is 5.10 Å². The van der Waals surface area contributed by atoms with Gasteiger partial charge < -0.3 is 9.47 Å². The number of hydrogen-bond acceptors (Lipinski definition) is 5. The minimum Gasteiger partial charge on any atom is -0.493 e. The van der Waals surface area contributed by atoms with E-state index in [9.17, 15) is 4.79 Å². The molecule has 1 amide bonds. The van der Waals surface area contributed by atoms with Crippen molar-refractivity contribution in [1.29, 1.82) is 0 Å². The van der Waals surface area contributed by atoms with E-state index in [0.717, 1.165) is 36.1 Å². The van der Waals surface area contributed by atoms with E-state index in [1.807, 2.05) is 35.7 Å². The van der Waals surface area contributed by atoms with Gasteiger partial charge in [0.05, 0.1) is 13.3 Å². The Morgan fingerprint density at radius 1 is 1.27 bits per heavy atom. The number of hydrogen-bond donors (Lipinski definition) is 1. The van der Waals surface area contributed by atoms with E-state index in [1.54, 1.807) is 24.7 Å². The van der Waals surface area contributed by atoms with Crippen LogP contribution in [-0.2, 0) is 11.4 Å². The lowest BCUT2D eigenvalue weighted by molar-refractivity contribution is -0.125. The Hall–Kier alpha value is -2.34. The first-order chi connectivity index (χ1) is 12.8. The van der Waals surface area contributed by atoms with Gasteiger partial charge in [-0.15, -0.1) is 11.3 Å². The Morgan fingerprint density at radius 2 is 2.12 bits per heavy atom. The van der Waals surface area contributed by atoms with Gasteiger partial charge in [0.1, 0.15) is 6.61 Å². The molecule has 1 saturated carbocycles. The molecule has 0 aliphatic heterocycles. The topological polar surface area (TPSA) is 59.9 Å². The first kappa shape index (κ1) is 18.5. The highest BCUT2D eigenvalue weighted by atomic mass is 32.1. The van der Waals surface area contributed by atoms with Gasteiger partial charge in [0.2, 0.25) is 5.91 Å². The van der Waals surface area contributed by atoms with E-state index in [2.05, 4.69) is 10.5 Å². The van der Waals surface area contributed by atoms with E-state index in [1.165, 1.54) is 6.42 Å². The maximum atomic E-state index is 12.1. The van der Waals surface area contributed by atoms with Gasteiger partial charge in [0.15, 0.2) is 11.5 Å². The van der Waals surface area contributed by atoms with Gasteiger partial charge in [0, 0.05) is 10.8 Å². The molecular formula is C20H24N2O3S. The summed E-state index contributed by atoms with van der Waals surface area (Å²) in [5.74, 6) is 1.45. The van der Waals surface area contributed by atoms with Crippen molar-refractivity contribution in [2.24, 2.45) is 11.0 Å². The Kier molecular flexibility index (Phi) is 6.66. The number of amides is 1. The highest BCUT2D eigenvalue weighted by molar-refractivity contribution is 7.09. The summed E-state index contributed by atoms with van der Waals surface area (Å²) in [7, 11) is 1.61. The number of methoxy groups -OCH3 is 1. The van der Waals surface area contributed by atoms with Crippen LogP contribution in [0.3, 0.4) is 0 Å². The molecule has 0 atom stereocenters. The number of carbonyl (C=O) groups is 1. The average molecular weight is 372 g/mol. The third-order valence-corrected chi connectivity index (χ3v) is 5.35. The molecule has 1 aromatic carbocycles. The van der Waals surface area contributed by atoms with Gasteiger partial charge >= 0.3 is 0 Å². The van der Waals surface area contributed by atoms with Crippen LogP contribution in [0.25, 0.3) is 0 Å². The number of nitrogens with one attached hydrogen (secondary N) is 1. The van der Waals surface area contributed by atoms with Crippen molar-refractivity contribution < 1.29 is 14.3 Å². The summed E-state index contributed by atoms with van der Waals surface area (Å²) in [5, 5.41) is 6.11. The van der Waals surface area contributed by atoms with Crippen LogP contribution in [0, 0.1) is 5.92 Å². The van der Waals surface area contributed by atoms with Crippen LogP contribution in [-0.4, -0.2) is 19.2 Å². The van der Waals surface area contributed by atoms with Crippen LogP contribution in [0.5, 0.6) is 11.5 Å². The summed E-state index contributed by atoms with van der Waals surface area (Å²) in [6, 6.07) is 9.63. The third-order valence-electron chi connectivity index (χ3n) is 4.50. The zero-order valence-electron chi connectivity index (χ0n) is 14.9. The molecule has 5 nitrogen and oxygen atoms in total. The number of nitrogens with zero attached hydrogens (tertiary/aromatic N) is 1. The van der Waals surface area contributed by atoms with Crippen LogP contribution < -0.4 is 14.9 Å². The maximum absolute atomic E-state index is 12.1. The maximum Gasteiger partial charge on any atom is 0.243 e. The summed E-state index contributed by atoms with van der Waals surface area (Å²) >= 11 is 1.66. The molecule has 26 heavy (non-hydrogen) atoms. The molecule has 1 aliphatic rings. The average Bonchev–Trinajstić information content (AvgIpc) is 3.21. The van der Waals surface area contributed by atoms with Crippen molar-refractivity contribution in [3.05, 3.63) is 46.2 Å². The monoisotopic (exact) mass is 372 g/mol. The number of hydrazone groups is 1. The Morgan fingerprint density at radius 3 is 2.85 bits per heavy atom. The Balaban J connectivity index is 1.56. The lowest BCUT2D eigenvalue weighted by Gasteiger charge is -2.19. The van der Waals surface area contributed by atoms with E-state index in [4.69, 9.17) is 9.47 Å². The molecule has 0 saturated heterocycles. The van der Waals surface area contributed by atoms with E-state index in [-0.39, 0.29) is 11.8 Å². The first-order valence-corrected chi connectivity index (χ1v) is 9.80. The number of rotatable bonds is 7. The molecule has 2 aromatic rings. The van der Waals surface area contributed by atoms with E-state index in [0.29, 0.717) is 18.1 Å². The van der Waals surface area contributed by atoms with Crippen LogP contribution in [0.15, 0.2) is 40.8 Å². The second-order valence-electron chi connectivity index (χ2n) is 6.35. The highest BCUT2D eigenvalue weighted by Crippen LogP contribution is 2.29. The number of ether oxygens (including phenoxy) is 2. The van der Waals surface area contributed by atoms with E-state index < -0.39 is 0 Å². The fraction of sp³-hybridized carbons (Fsp3) is 0.400. The molecule has 6 heteroatoms. The quantitative estimate of drug-likeness (QED) is 0.580. The first-order valence-electron chi connectivity index (χ1n) is 8.92. The minimum atomic E-state index is 0.0174. The van der Waals surface area contributed by atoms with Crippen molar-refractivity contribution in [3.63, 3.8) is 0 Å². The number of benzene rings is 1. The standard InChI is InChI=1S/C20H24N2O3S/c1-24-19-12-15(9-10-18(19)25-14-17-8-5-11-26-17)13-21-22-20(23)16-6-3-2-4-7-16/h5,8-13,16H,2-4,6-7,14H2,1H3,(H,22,23)/b21-13-. The molecule has 138 valence electrons. The summed E-state index contributed by atoms with van der Waals surface area (Å²) in [4.78, 5) is 13.3. The lowest BCUT2D eigenvalue weighted by Crippen LogP contribution is -2.28. The van der Waals surface area contributed by atoms with Crippen molar-refractivity contribution >= 4 is 23.5 Å². The zero-order valence-corrected chi connectivity index (χ0v) is 15.8. The fourth-order valence-electron chi connectivity index (χ4n) is 3.05.